The highest BCUT2D eigenvalue weighted by atomic mass is 16.5. The van der Waals surface area contributed by atoms with Crippen LogP contribution in [0.5, 0.6) is 5.75 Å². The van der Waals surface area contributed by atoms with Gasteiger partial charge in [-0.25, -0.2) is 0 Å². The molecule has 182 valence electrons. The minimum atomic E-state index is -0.637. The summed E-state index contributed by atoms with van der Waals surface area (Å²) in [6.45, 7) is 9.42. The maximum atomic E-state index is 13.4. The number of nitrogens with zero attached hydrogens (tertiary/aromatic N) is 2. The summed E-state index contributed by atoms with van der Waals surface area (Å²) in [5.74, 6) is 0.330. The molecule has 3 amide bonds. The summed E-state index contributed by atoms with van der Waals surface area (Å²) in [7, 11) is 1.55. The van der Waals surface area contributed by atoms with Crippen molar-refractivity contribution in [2.75, 3.05) is 46.5 Å². The Labute approximate surface area is 196 Å². The van der Waals surface area contributed by atoms with Gasteiger partial charge in [0.2, 0.25) is 11.8 Å². The summed E-state index contributed by atoms with van der Waals surface area (Å²) < 4.78 is 10.6. The van der Waals surface area contributed by atoms with Gasteiger partial charge in [0.05, 0.1) is 20.3 Å². The monoisotopic (exact) mass is 459 g/mol. The number of likely N-dealkylation sites (tertiary alicyclic amines) is 1. The largest absolute Gasteiger partial charge is 0.497 e. The Morgan fingerprint density at radius 1 is 1.09 bits per heavy atom. The first-order valence-corrected chi connectivity index (χ1v) is 11.8. The number of ether oxygens (including phenoxy) is 2. The van der Waals surface area contributed by atoms with E-state index in [0.29, 0.717) is 70.0 Å². The Kier molecular flexibility index (Phi) is 8.35. The van der Waals surface area contributed by atoms with Crippen LogP contribution < -0.4 is 10.1 Å². The smallest absolute Gasteiger partial charge is 0.252 e. The highest BCUT2D eigenvalue weighted by Crippen LogP contribution is 2.26. The predicted molar refractivity (Wildman–Crippen MR) is 125 cm³/mol. The molecule has 8 heteroatoms. The van der Waals surface area contributed by atoms with Crippen molar-refractivity contribution in [3.63, 3.8) is 0 Å². The molecule has 1 aromatic carbocycles. The molecule has 0 spiro atoms. The van der Waals surface area contributed by atoms with Crippen molar-refractivity contribution < 1.29 is 23.9 Å². The molecule has 8 nitrogen and oxygen atoms in total. The molecule has 0 unspecified atom stereocenters. The Balaban J connectivity index is 1.71. The second-order valence-electron chi connectivity index (χ2n) is 10.1. The van der Waals surface area contributed by atoms with Gasteiger partial charge in [0.15, 0.2) is 0 Å². The van der Waals surface area contributed by atoms with E-state index in [-0.39, 0.29) is 29.1 Å². The first kappa shape index (κ1) is 25.0. The van der Waals surface area contributed by atoms with E-state index in [9.17, 15) is 14.4 Å². The van der Waals surface area contributed by atoms with Crippen molar-refractivity contribution in [2.24, 2.45) is 11.3 Å². The molecule has 0 aromatic heterocycles. The Morgan fingerprint density at radius 3 is 2.36 bits per heavy atom. The molecule has 0 aliphatic carbocycles. The molecule has 3 rings (SSSR count). The van der Waals surface area contributed by atoms with Crippen LogP contribution in [0.15, 0.2) is 24.3 Å². The molecule has 2 aliphatic heterocycles. The average Bonchev–Trinajstić information content (AvgIpc) is 2.81. The number of carbonyl (C=O) groups is 3. The number of morpholine rings is 1. The maximum absolute atomic E-state index is 13.4. The van der Waals surface area contributed by atoms with Gasteiger partial charge in [0, 0.05) is 38.2 Å². The zero-order valence-electron chi connectivity index (χ0n) is 20.3. The van der Waals surface area contributed by atoms with Crippen molar-refractivity contribution in [2.45, 2.75) is 46.1 Å². The van der Waals surface area contributed by atoms with Crippen LogP contribution in [-0.4, -0.2) is 80.1 Å². The van der Waals surface area contributed by atoms with Gasteiger partial charge in [-0.2, -0.15) is 0 Å². The molecule has 1 atom stereocenters. The minimum absolute atomic E-state index is 0.0337. The van der Waals surface area contributed by atoms with Crippen molar-refractivity contribution in [3.05, 3.63) is 29.8 Å². The third-order valence-corrected chi connectivity index (χ3v) is 6.25. The van der Waals surface area contributed by atoms with Crippen LogP contribution in [0.3, 0.4) is 0 Å². The van der Waals surface area contributed by atoms with Gasteiger partial charge in [-0.1, -0.05) is 26.8 Å². The fourth-order valence-corrected chi connectivity index (χ4v) is 4.40. The predicted octanol–water partition coefficient (Wildman–Crippen LogP) is 2.33. The number of piperidine rings is 1. The molecular formula is C25H37N3O5. The number of methoxy groups -OCH3 is 1. The summed E-state index contributed by atoms with van der Waals surface area (Å²) >= 11 is 0. The third-order valence-electron chi connectivity index (χ3n) is 6.25. The van der Waals surface area contributed by atoms with Crippen LogP contribution in [0, 0.1) is 11.3 Å². The standard InChI is InChI=1S/C25H37N3O5/c1-25(2,3)17-21(29)27-10-8-18(9-11-27)22(24(31)28-12-14-33-15-13-28)26-23(30)19-6-5-7-20(16-19)32-4/h5-7,16,18,22H,8-15,17H2,1-4H3,(H,26,30)/t22-/m1/s1. The first-order chi connectivity index (χ1) is 15.7. The zero-order valence-corrected chi connectivity index (χ0v) is 20.3. The SMILES string of the molecule is COc1cccc(C(=O)N[C@@H](C(=O)N2CCOCC2)C2CCN(C(=O)CC(C)(C)C)CC2)c1. The summed E-state index contributed by atoms with van der Waals surface area (Å²) in [6.07, 6.45) is 1.85. The normalized spacial score (nSPS) is 18.5. The summed E-state index contributed by atoms with van der Waals surface area (Å²) in [4.78, 5) is 42.8. The molecule has 0 bridgehead atoms. The number of hydrogen-bond acceptors (Lipinski definition) is 5. The molecule has 1 aromatic rings. The number of hydrogen-bond donors (Lipinski definition) is 1. The average molecular weight is 460 g/mol. The van der Waals surface area contributed by atoms with Gasteiger partial charge in [0.1, 0.15) is 11.8 Å². The number of amides is 3. The van der Waals surface area contributed by atoms with Crippen LogP contribution in [0.2, 0.25) is 0 Å². The van der Waals surface area contributed by atoms with E-state index in [4.69, 9.17) is 9.47 Å². The molecule has 2 saturated heterocycles. The van der Waals surface area contributed by atoms with Gasteiger partial charge in [0.25, 0.3) is 5.91 Å². The lowest BCUT2D eigenvalue weighted by molar-refractivity contribution is -0.140. The van der Waals surface area contributed by atoms with E-state index < -0.39 is 6.04 Å². The van der Waals surface area contributed by atoms with E-state index in [1.54, 1.807) is 36.3 Å². The molecule has 1 N–H and O–H groups in total. The van der Waals surface area contributed by atoms with Crippen molar-refractivity contribution in [3.8, 4) is 5.75 Å². The third kappa shape index (κ3) is 6.93. The fraction of sp³-hybridized carbons (Fsp3) is 0.640. The van der Waals surface area contributed by atoms with Gasteiger partial charge >= 0.3 is 0 Å². The quantitative estimate of drug-likeness (QED) is 0.705. The lowest BCUT2D eigenvalue weighted by Gasteiger charge is -2.39. The molecular weight excluding hydrogens is 422 g/mol. The maximum Gasteiger partial charge on any atom is 0.252 e. The van der Waals surface area contributed by atoms with E-state index in [0.717, 1.165) is 0 Å². The summed E-state index contributed by atoms with van der Waals surface area (Å²) in [6, 6.07) is 6.27. The Morgan fingerprint density at radius 2 is 1.76 bits per heavy atom. The molecule has 33 heavy (non-hydrogen) atoms. The Bertz CT molecular complexity index is 837. The van der Waals surface area contributed by atoms with Crippen molar-refractivity contribution in [1.29, 1.82) is 0 Å². The van der Waals surface area contributed by atoms with Crippen LogP contribution in [0.25, 0.3) is 0 Å². The number of rotatable bonds is 6. The molecule has 2 heterocycles. The van der Waals surface area contributed by atoms with E-state index in [1.165, 1.54) is 0 Å². The Hall–Kier alpha value is -2.61. The minimum Gasteiger partial charge on any atom is -0.497 e. The lowest BCUT2D eigenvalue weighted by atomic mass is 9.86. The molecule has 2 fully saturated rings. The van der Waals surface area contributed by atoms with Crippen LogP contribution in [0.1, 0.15) is 50.4 Å². The van der Waals surface area contributed by atoms with Gasteiger partial charge in [-0.15, -0.1) is 0 Å². The zero-order chi connectivity index (χ0) is 24.0. The van der Waals surface area contributed by atoms with Gasteiger partial charge < -0.3 is 24.6 Å². The molecule has 0 radical (unpaired) electrons. The van der Waals surface area contributed by atoms with Gasteiger partial charge in [-0.3, -0.25) is 14.4 Å². The number of benzene rings is 1. The van der Waals surface area contributed by atoms with Crippen LogP contribution in [0.4, 0.5) is 0 Å². The van der Waals surface area contributed by atoms with E-state index >= 15 is 0 Å². The van der Waals surface area contributed by atoms with Crippen LogP contribution in [-0.2, 0) is 14.3 Å². The lowest BCUT2D eigenvalue weighted by Crippen LogP contribution is -2.56. The van der Waals surface area contributed by atoms with Gasteiger partial charge in [-0.05, 0) is 42.4 Å². The number of nitrogens with one attached hydrogen (secondary N) is 1. The fourth-order valence-electron chi connectivity index (χ4n) is 4.40. The highest BCUT2D eigenvalue weighted by Gasteiger charge is 2.37. The summed E-state index contributed by atoms with van der Waals surface area (Å²) in [5.41, 5.74) is 0.389. The highest BCUT2D eigenvalue weighted by molar-refractivity contribution is 5.98. The topological polar surface area (TPSA) is 88.2 Å². The van der Waals surface area contributed by atoms with Crippen molar-refractivity contribution in [1.82, 2.24) is 15.1 Å². The molecule has 0 saturated carbocycles. The second kappa shape index (κ2) is 11.0. The number of carbonyl (C=O) groups excluding carboxylic acids is 3. The first-order valence-electron chi connectivity index (χ1n) is 11.8. The van der Waals surface area contributed by atoms with Crippen LogP contribution >= 0.6 is 0 Å². The van der Waals surface area contributed by atoms with E-state index in [1.807, 2.05) is 4.90 Å². The summed E-state index contributed by atoms with van der Waals surface area (Å²) in [5, 5.41) is 3.00. The van der Waals surface area contributed by atoms with Crippen molar-refractivity contribution >= 4 is 17.7 Å². The molecule has 2 aliphatic rings. The van der Waals surface area contributed by atoms with E-state index in [2.05, 4.69) is 26.1 Å². The second-order valence-corrected chi connectivity index (χ2v) is 10.1.